The van der Waals surface area contributed by atoms with Gasteiger partial charge in [0.05, 0.1) is 18.5 Å². The summed E-state index contributed by atoms with van der Waals surface area (Å²) in [4.78, 5) is 38.1. The smallest absolute Gasteiger partial charge is 0.307 e. The number of nitrogens with zero attached hydrogens (tertiary/aromatic N) is 3. The SMILES string of the molecule is CCN(CC)CCN(CCC(=O)OC)C(=O)c1ccc([N+](=O)[O-])cc1. The van der Waals surface area contributed by atoms with Crippen LogP contribution in [-0.2, 0) is 9.53 Å². The average Bonchev–Trinajstić information content (AvgIpc) is 2.64. The van der Waals surface area contributed by atoms with E-state index in [4.69, 9.17) is 0 Å². The number of hydrogen-bond acceptors (Lipinski definition) is 6. The molecule has 0 aliphatic heterocycles. The molecule has 8 heteroatoms. The minimum absolute atomic E-state index is 0.0687. The largest absolute Gasteiger partial charge is 0.469 e. The fourth-order valence-electron chi connectivity index (χ4n) is 2.35. The maximum Gasteiger partial charge on any atom is 0.307 e. The van der Waals surface area contributed by atoms with Gasteiger partial charge in [0.25, 0.3) is 11.6 Å². The van der Waals surface area contributed by atoms with Crippen LogP contribution in [-0.4, -0.2) is 66.4 Å². The van der Waals surface area contributed by atoms with Gasteiger partial charge in [-0.15, -0.1) is 0 Å². The van der Waals surface area contributed by atoms with Crippen molar-refractivity contribution in [3.05, 3.63) is 39.9 Å². The van der Waals surface area contributed by atoms with Gasteiger partial charge in [-0.2, -0.15) is 0 Å². The Morgan fingerprint density at radius 1 is 1.08 bits per heavy atom. The summed E-state index contributed by atoms with van der Waals surface area (Å²) in [5.74, 6) is -0.643. The highest BCUT2D eigenvalue weighted by Crippen LogP contribution is 2.14. The van der Waals surface area contributed by atoms with Gasteiger partial charge < -0.3 is 14.5 Å². The molecule has 0 spiro atoms. The number of hydrogen-bond donors (Lipinski definition) is 0. The van der Waals surface area contributed by atoms with E-state index in [-0.39, 0.29) is 30.5 Å². The number of carbonyl (C=O) groups is 2. The lowest BCUT2D eigenvalue weighted by Crippen LogP contribution is -2.39. The first-order chi connectivity index (χ1) is 11.9. The van der Waals surface area contributed by atoms with Gasteiger partial charge in [0, 0.05) is 37.3 Å². The topological polar surface area (TPSA) is 93.0 Å². The minimum Gasteiger partial charge on any atom is -0.469 e. The van der Waals surface area contributed by atoms with E-state index in [9.17, 15) is 19.7 Å². The van der Waals surface area contributed by atoms with Crippen molar-refractivity contribution in [2.75, 3.05) is 39.8 Å². The van der Waals surface area contributed by atoms with Crippen molar-refractivity contribution in [2.45, 2.75) is 20.3 Å². The summed E-state index contributed by atoms with van der Waals surface area (Å²) in [7, 11) is 1.31. The van der Waals surface area contributed by atoms with Gasteiger partial charge in [-0.05, 0) is 25.2 Å². The van der Waals surface area contributed by atoms with Gasteiger partial charge in [-0.3, -0.25) is 19.7 Å². The number of rotatable bonds is 10. The van der Waals surface area contributed by atoms with Crippen LogP contribution in [0.15, 0.2) is 24.3 Å². The number of non-ortho nitro benzene ring substituents is 1. The van der Waals surface area contributed by atoms with E-state index in [0.717, 1.165) is 13.1 Å². The van der Waals surface area contributed by atoms with Crippen molar-refractivity contribution in [3.8, 4) is 0 Å². The van der Waals surface area contributed by atoms with E-state index in [1.54, 1.807) is 4.90 Å². The third kappa shape index (κ3) is 6.50. The Bertz CT molecular complexity index is 584. The summed E-state index contributed by atoms with van der Waals surface area (Å²) >= 11 is 0. The Morgan fingerprint density at radius 3 is 2.16 bits per heavy atom. The van der Waals surface area contributed by atoms with Gasteiger partial charge >= 0.3 is 5.97 Å². The third-order valence-electron chi connectivity index (χ3n) is 4.01. The molecule has 0 radical (unpaired) electrons. The molecule has 1 amide bonds. The predicted molar refractivity (Wildman–Crippen MR) is 93.4 cm³/mol. The zero-order chi connectivity index (χ0) is 18.8. The first kappa shape index (κ1) is 20.6. The molecule has 0 atom stereocenters. The maximum atomic E-state index is 12.7. The Kier molecular flexibility index (Phi) is 8.55. The highest BCUT2D eigenvalue weighted by molar-refractivity contribution is 5.94. The van der Waals surface area contributed by atoms with Crippen LogP contribution in [0, 0.1) is 10.1 Å². The third-order valence-corrected chi connectivity index (χ3v) is 4.01. The molecule has 0 N–H and O–H groups in total. The second-order valence-electron chi connectivity index (χ2n) is 5.45. The monoisotopic (exact) mass is 351 g/mol. The number of benzene rings is 1. The van der Waals surface area contributed by atoms with E-state index >= 15 is 0 Å². The number of methoxy groups -OCH3 is 1. The predicted octanol–water partition coefficient (Wildman–Crippen LogP) is 1.94. The summed E-state index contributed by atoms with van der Waals surface area (Å²) in [5, 5.41) is 10.7. The summed E-state index contributed by atoms with van der Waals surface area (Å²) in [6.07, 6.45) is 0.105. The Balaban J connectivity index is 2.85. The highest BCUT2D eigenvalue weighted by Gasteiger charge is 2.19. The van der Waals surface area contributed by atoms with Gasteiger partial charge in [0.15, 0.2) is 0 Å². The molecule has 0 heterocycles. The molecule has 0 bridgehead atoms. The van der Waals surface area contributed by atoms with Crippen LogP contribution in [0.4, 0.5) is 5.69 Å². The molecule has 0 saturated carbocycles. The normalized spacial score (nSPS) is 10.6. The van der Waals surface area contributed by atoms with Crippen LogP contribution in [0.1, 0.15) is 30.6 Å². The molecule has 0 aliphatic rings. The first-order valence-corrected chi connectivity index (χ1v) is 8.25. The summed E-state index contributed by atoms with van der Waals surface area (Å²) in [6, 6.07) is 5.47. The van der Waals surface area contributed by atoms with Crippen LogP contribution >= 0.6 is 0 Å². The minimum atomic E-state index is -0.510. The van der Waals surface area contributed by atoms with E-state index < -0.39 is 4.92 Å². The van der Waals surface area contributed by atoms with Gasteiger partial charge in [-0.25, -0.2) is 0 Å². The van der Waals surface area contributed by atoms with Gasteiger partial charge in [0.1, 0.15) is 0 Å². The molecule has 0 saturated heterocycles. The molecule has 1 aromatic carbocycles. The number of nitro groups is 1. The molecule has 0 unspecified atom stereocenters. The molecular formula is C17H25N3O5. The summed E-state index contributed by atoms with van der Waals surface area (Å²) in [5.41, 5.74) is 0.288. The van der Waals surface area contributed by atoms with Crippen LogP contribution in [0.2, 0.25) is 0 Å². The van der Waals surface area contributed by atoms with Crippen LogP contribution in [0.5, 0.6) is 0 Å². The zero-order valence-corrected chi connectivity index (χ0v) is 14.9. The summed E-state index contributed by atoms with van der Waals surface area (Å²) in [6.45, 7) is 7.21. The molecule has 138 valence electrons. The maximum absolute atomic E-state index is 12.7. The molecule has 25 heavy (non-hydrogen) atoms. The molecule has 0 fully saturated rings. The summed E-state index contributed by atoms with van der Waals surface area (Å²) < 4.78 is 4.63. The standard InChI is InChI=1S/C17H25N3O5/c1-4-18(5-2)12-13-19(11-10-16(21)25-3)17(22)14-6-8-15(9-7-14)20(23)24/h6-9H,4-5,10-13H2,1-3H3. The molecular weight excluding hydrogens is 326 g/mol. The van der Waals surface area contributed by atoms with Crippen LogP contribution < -0.4 is 0 Å². The van der Waals surface area contributed by atoms with Crippen molar-refractivity contribution in [1.82, 2.24) is 9.80 Å². The lowest BCUT2D eigenvalue weighted by atomic mass is 10.1. The van der Waals surface area contributed by atoms with Crippen LogP contribution in [0.3, 0.4) is 0 Å². The quantitative estimate of drug-likeness (QED) is 0.363. The fraction of sp³-hybridized carbons (Fsp3) is 0.529. The van der Waals surface area contributed by atoms with Gasteiger partial charge in [0.2, 0.25) is 0 Å². The van der Waals surface area contributed by atoms with Crippen molar-refractivity contribution in [2.24, 2.45) is 0 Å². The van der Waals surface area contributed by atoms with Crippen molar-refractivity contribution >= 4 is 17.6 Å². The lowest BCUT2D eigenvalue weighted by Gasteiger charge is -2.26. The zero-order valence-electron chi connectivity index (χ0n) is 14.9. The average molecular weight is 351 g/mol. The number of amides is 1. The number of carbonyl (C=O) groups excluding carboxylic acids is 2. The second-order valence-corrected chi connectivity index (χ2v) is 5.45. The number of likely N-dealkylation sites (N-methyl/N-ethyl adjacent to an activating group) is 1. The van der Waals surface area contributed by atoms with E-state index in [1.165, 1.54) is 31.4 Å². The van der Waals surface area contributed by atoms with Crippen molar-refractivity contribution in [3.63, 3.8) is 0 Å². The number of nitro benzene ring substituents is 1. The van der Waals surface area contributed by atoms with Crippen molar-refractivity contribution in [1.29, 1.82) is 0 Å². The fourth-order valence-corrected chi connectivity index (χ4v) is 2.35. The molecule has 0 aliphatic carbocycles. The number of esters is 1. The second kappa shape index (κ2) is 10.4. The molecule has 1 aromatic rings. The molecule has 0 aromatic heterocycles. The Hall–Kier alpha value is -2.48. The highest BCUT2D eigenvalue weighted by atomic mass is 16.6. The van der Waals surface area contributed by atoms with E-state index in [1.807, 2.05) is 13.8 Å². The van der Waals surface area contributed by atoms with E-state index in [0.29, 0.717) is 18.7 Å². The number of ether oxygens (including phenoxy) is 1. The van der Waals surface area contributed by atoms with Crippen molar-refractivity contribution < 1.29 is 19.2 Å². The molecule has 8 nitrogen and oxygen atoms in total. The van der Waals surface area contributed by atoms with E-state index in [2.05, 4.69) is 9.64 Å². The Morgan fingerprint density at radius 2 is 1.68 bits per heavy atom. The Labute approximate surface area is 147 Å². The van der Waals surface area contributed by atoms with Gasteiger partial charge in [-0.1, -0.05) is 13.8 Å². The first-order valence-electron chi connectivity index (χ1n) is 8.25. The van der Waals surface area contributed by atoms with Crippen LogP contribution in [0.25, 0.3) is 0 Å². The lowest BCUT2D eigenvalue weighted by molar-refractivity contribution is -0.384. The molecule has 1 rings (SSSR count).